The lowest BCUT2D eigenvalue weighted by Crippen LogP contribution is -2.00. The smallest absolute Gasteiger partial charge is 0.0923 e. The van der Waals surface area contributed by atoms with Crippen LogP contribution in [0.4, 0.5) is 0 Å². The van der Waals surface area contributed by atoms with Crippen molar-refractivity contribution in [2.24, 2.45) is 0 Å². The minimum absolute atomic E-state index is 0.506. The third-order valence-corrected chi connectivity index (χ3v) is 6.50. The molecule has 2 aromatic heterocycles. The topological polar surface area (TPSA) is 33.1 Å². The van der Waals surface area contributed by atoms with Crippen molar-refractivity contribution in [1.29, 1.82) is 0 Å². The van der Waals surface area contributed by atoms with Gasteiger partial charge < -0.3 is 5.11 Å². The molecule has 1 N–H and O–H groups in total. The lowest BCUT2D eigenvalue weighted by Gasteiger charge is -2.10. The second-order valence-corrected chi connectivity index (χ2v) is 7.73. The second-order valence-electron chi connectivity index (χ2n) is 4.48. The van der Waals surface area contributed by atoms with Crippen LogP contribution in [0.3, 0.4) is 0 Å². The molecule has 1 aromatic carbocycles. The maximum atomic E-state index is 10.4. The molecule has 1 atom stereocenters. The summed E-state index contributed by atoms with van der Waals surface area (Å²) in [6.07, 6.45) is 1.88. The van der Waals surface area contributed by atoms with Crippen LogP contribution >= 0.6 is 43.2 Å². The summed E-state index contributed by atoms with van der Waals surface area (Å²) in [6, 6.07) is 11.9. The highest BCUT2D eigenvalue weighted by atomic mass is 79.9. The van der Waals surface area contributed by atoms with Crippen LogP contribution in [0, 0.1) is 0 Å². The van der Waals surface area contributed by atoms with Crippen LogP contribution in [0.1, 0.15) is 16.5 Å². The van der Waals surface area contributed by atoms with Crippen LogP contribution in [0.25, 0.3) is 10.9 Å². The minimum Gasteiger partial charge on any atom is -0.387 e. The van der Waals surface area contributed by atoms with Gasteiger partial charge in [0.05, 0.1) is 15.4 Å². The Morgan fingerprint density at radius 3 is 2.75 bits per heavy atom. The third-order valence-electron chi connectivity index (χ3n) is 3.15. The van der Waals surface area contributed by atoms with Gasteiger partial charge in [-0.1, -0.05) is 18.2 Å². The number of hydrogen-bond acceptors (Lipinski definition) is 3. The summed E-state index contributed by atoms with van der Waals surface area (Å²) in [5.74, 6) is 0. The van der Waals surface area contributed by atoms with E-state index in [4.69, 9.17) is 0 Å². The first kappa shape index (κ1) is 14.2. The number of aromatic nitrogens is 1. The molecule has 20 heavy (non-hydrogen) atoms. The van der Waals surface area contributed by atoms with Crippen LogP contribution in [0.15, 0.2) is 50.9 Å². The monoisotopic (exact) mass is 411 g/mol. The normalized spacial score (nSPS) is 12.8. The summed E-state index contributed by atoms with van der Waals surface area (Å²) in [4.78, 5) is 5.29. The first-order valence-corrected chi connectivity index (χ1v) is 8.51. The van der Waals surface area contributed by atoms with Crippen molar-refractivity contribution in [1.82, 2.24) is 4.98 Å². The minimum atomic E-state index is -0.506. The van der Waals surface area contributed by atoms with E-state index in [0.29, 0.717) is 6.42 Å². The van der Waals surface area contributed by atoms with E-state index >= 15 is 0 Å². The highest BCUT2D eigenvalue weighted by molar-refractivity contribution is 9.13. The summed E-state index contributed by atoms with van der Waals surface area (Å²) in [5.41, 5.74) is 2.08. The molecule has 0 aliphatic heterocycles. The van der Waals surface area contributed by atoms with E-state index < -0.39 is 6.10 Å². The van der Waals surface area contributed by atoms with Gasteiger partial charge in [0.2, 0.25) is 0 Å². The Labute approximate surface area is 137 Å². The van der Waals surface area contributed by atoms with Gasteiger partial charge in [-0.2, -0.15) is 0 Å². The van der Waals surface area contributed by atoms with Crippen LogP contribution in [-0.4, -0.2) is 10.1 Å². The molecule has 0 amide bonds. The first-order valence-electron chi connectivity index (χ1n) is 6.10. The standard InChI is InChI=1S/C15H11Br2NOS/c16-11-8-14(20-15(11)17)13(19)7-9-5-6-18-12-4-2-1-3-10(9)12/h1-6,8,13,19H,7H2. The van der Waals surface area contributed by atoms with Crippen molar-refractivity contribution in [3.8, 4) is 0 Å². The zero-order valence-corrected chi connectivity index (χ0v) is 14.4. The Morgan fingerprint density at radius 2 is 2.00 bits per heavy atom. The van der Waals surface area contributed by atoms with E-state index in [2.05, 4.69) is 36.8 Å². The van der Waals surface area contributed by atoms with Crippen LogP contribution in [0.5, 0.6) is 0 Å². The number of rotatable bonds is 3. The van der Waals surface area contributed by atoms with Crippen molar-refractivity contribution >= 4 is 54.1 Å². The number of fused-ring (bicyclic) bond motifs is 1. The molecular formula is C15H11Br2NOS. The molecule has 0 saturated carbocycles. The molecule has 5 heteroatoms. The average molecular weight is 413 g/mol. The molecule has 102 valence electrons. The Kier molecular flexibility index (Phi) is 4.21. The third kappa shape index (κ3) is 2.81. The van der Waals surface area contributed by atoms with Crippen molar-refractivity contribution in [2.45, 2.75) is 12.5 Å². The molecule has 0 fully saturated rings. The molecule has 0 aliphatic rings. The molecule has 3 aromatic rings. The second kappa shape index (κ2) is 5.93. The van der Waals surface area contributed by atoms with E-state index in [-0.39, 0.29) is 0 Å². The van der Waals surface area contributed by atoms with Gasteiger partial charge in [-0.15, -0.1) is 11.3 Å². The van der Waals surface area contributed by atoms with Crippen LogP contribution in [-0.2, 0) is 6.42 Å². The zero-order valence-electron chi connectivity index (χ0n) is 10.4. The van der Waals surface area contributed by atoms with Gasteiger partial charge in [0, 0.05) is 27.4 Å². The maximum absolute atomic E-state index is 10.4. The fourth-order valence-electron chi connectivity index (χ4n) is 2.17. The summed E-state index contributed by atoms with van der Waals surface area (Å²) in [7, 11) is 0. The predicted molar refractivity (Wildman–Crippen MR) is 90.1 cm³/mol. The van der Waals surface area contributed by atoms with Gasteiger partial charge in [0.25, 0.3) is 0 Å². The molecule has 0 saturated heterocycles. The molecule has 0 bridgehead atoms. The van der Waals surface area contributed by atoms with E-state index in [1.54, 1.807) is 17.5 Å². The number of thiophene rings is 1. The van der Waals surface area contributed by atoms with Gasteiger partial charge in [-0.25, -0.2) is 0 Å². The summed E-state index contributed by atoms with van der Waals surface area (Å²) >= 11 is 8.46. The Morgan fingerprint density at radius 1 is 1.20 bits per heavy atom. The highest BCUT2D eigenvalue weighted by Gasteiger charge is 2.15. The van der Waals surface area contributed by atoms with Gasteiger partial charge in [-0.3, -0.25) is 4.98 Å². The number of hydrogen-bond donors (Lipinski definition) is 1. The van der Waals surface area contributed by atoms with E-state index in [0.717, 1.165) is 29.6 Å². The lowest BCUT2D eigenvalue weighted by atomic mass is 10.0. The van der Waals surface area contributed by atoms with E-state index in [1.807, 2.05) is 36.4 Å². The Balaban J connectivity index is 1.93. The quantitative estimate of drug-likeness (QED) is 0.649. The molecular weight excluding hydrogens is 402 g/mol. The molecule has 1 unspecified atom stereocenters. The van der Waals surface area contributed by atoms with E-state index in [9.17, 15) is 5.11 Å². The largest absolute Gasteiger partial charge is 0.387 e. The van der Waals surface area contributed by atoms with Crippen molar-refractivity contribution in [2.75, 3.05) is 0 Å². The van der Waals surface area contributed by atoms with Crippen LogP contribution < -0.4 is 0 Å². The summed E-state index contributed by atoms with van der Waals surface area (Å²) in [5, 5.41) is 11.5. The highest BCUT2D eigenvalue weighted by Crippen LogP contribution is 2.36. The van der Waals surface area contributed by atoms with Crippen molar-refractivity contribution in [3.63, 3.8) is 0 Å². The lowest BCUT2D eigenvalue weighted by molar-refractivity contribution is 0.182. The van der Waals surface area contributed by atoms with E-state index in [1.165, 1.54) is 0 Å². The van der Waals surface area contributed by atoms with Gasteiger partial charge >= 0.3 is 0 Å². The number of halogens is 2. The SMILES string of the molecule is OC(Cc1ccnc2ccccc12)c1cc(Br)c(Br)s1. The molecule has 0 radical (unpaired) electrons. The molecule has 0 aliphatic carbocycles. The van der Waals surface area contributed by atoms with Gasteiger partial charge in [-0.05, 0) is 55.6 Å². The van der Waals surface area contributed by atoms with Crippen molar-refractivity contribution < 1.29 is 5.11 Å². The molecule has 2 nitrogen and oxygen atoms in total. The number of aliphatic hydroxyl groups is 1. The Bertz CT molecular complexity index is 732. The predicted octanol–water partition coefficient (Wildman–Crippen LogP) is 5.10. The van der Waals surface area contributed by atoms with Gasteiger partial charge in [0.1, 0.15) is 0 Å². The molecule has 2 heterocycles. The number of aliphatic hydroxyl groups excluding tert-OH is 1. The molecule has 3 rings (SSSR count). The van der Waals surface area contributed by atoms with Crippen LogP contribution in [0.2, 0.25) is 0 Å². The first-order chi connectivity index (χ1) is 9.65. The fourth-order valence-corrected chi connectivity index (χ4v) is 4.25. The fraction of sp³-hybridized carbons (Fsp3) is 0.133. The number of para-hydroxylation sites is 1. The van der Waals surface area contributed by atoms with Crippen molar-refractivity contribution in [3.05, 3.63) is 61.3 Å². The van der Waals surface area contributed by atoms with Gasteiger partial charge in [0.15, 0.2) is 0 Å². The average Bonchev–Trinajstić information content (AvgIpc) is 2.79. The maximum Gasteiger partial charge on any atom is 0.0923 e. The Hall–Kier alpha value is -0.750. The number of nitrogens with zero attached hydrogens (tertiary/aromatic N) is 1. The summed E-state index contributed by atoms with van der Waals surface area (Å²) < 4.78 is 1.99. The number of benzene rings is 1. The number of pyridine rings is 1. The molecule has 0 spiro atoms. The summed E-state index contributed by atoms with van der Waals surface area (Å²) in [6.45, 7) is 0. The zero-order chi connectivity index (χ0) is 14.1.